The highest BCUT2D eigenvalue weighted by Gasteiger charge is 1.81. The van der Waals surface area contributed by atoms with E-state index in [-0.39, 0.29) is 0 Å². The number of rotatable bonds is 2. The normalized spacial score (nSPS) is 10.8. The summed E-state index contributed by atoms with van der Waals surface area (Å²) in [5.74, 6) is 0. The summed E-state index contributed by atoms with van der Waals surface area (Å²) in [4.78, 5) is 0. The van der Waals surface area contributed by atoms with E-state index in [0.717, 1.165) is 5.71 Å². The third kappa shape index (κ3) is 4.94. The number of allylic oxidation sites excluding steroid dienone is 2. The molecule has 9 heavy (non-hydrogen) atoms. The van der Waals surface area contributed by atoms with Crippen LogP contribution in [0.3, 0.4) is 0 Å². The zero-order valence-corrected chi connectivity index (χ0v) is 6.18. The van der Waals surface area contributed by atoms with Crippen molar-refractivity contribution in [3.63, 3.8) is 0 Å². The molecule has 0 aliphatic heterocycles. The lowest BCUT2D eigenvalue weighted by Gasteiger charge is -1.87. The number of nitrogens with zero attached hydrogens (tertiary/aromatic N) is 2. The predicted octanol–water partition coefficient (Wildman–Crippen LogP) is 2.03. The van der Waals surface area contributed by atoms with Gasteiger partial charge in [0.2, 0.25) is 0 Å². The Morgan fingerprint density at radius 2 is 1.89 bits per heavy atom. The molecule has 2 nitrogen and oxygen atoms in total. The van der Waals surface area contributed by atoms with Gasteiger partial charge in [0.25, 0.3) is 0 Å². The lowest BCUT2D eigenvalue weighted by atomic mass is 10.3. The molecule has 0 amide bonds. The molecule has 0 aromatic rings. The molecule has 0 saturated heterocycles. The third-order valence-corrected chi connectivity index (χ3v) is 0.726. The molecule has 50 valence electrons. The van der Waals surface area contributed by atoms with E-state index in [2.05, 4.69) is 16.9 Å². The van der Waals surface area contributed by atoms with Gasteiger partial charge in [-0.15, -0.1) is 0 Å². The van der Waals surface area contributed by atoms with Crippen LogP contribution >= 0.6 is 0 Å². The molecule has 0 aliphatic carbocycles. The van der Waals surface area contributed by atoms with Gasteiger partial charge >= 0.3 is 0 Å². The minimum Gasteiger partial charge on any atom is -0.167 e. The zero-order chi connectivity index (χ0) is 7.28. The van der Waals surface area contributed by atoms with Crippen molar-refractivity contribution in [3.05, 3.63) is 11.6 Å². The maximum absolute atomic E-state index is 3.72. The molecule has 0 atom stereocenters. The van der Waals surface area contributed by atoms with E-state index in [0.29, 0.717) is 0 Å². The quantitative estimate of drug-likeness (QED) is 0.397. The van der Waals surface area contributed by atoms with Crippen molar-refractivity contribution in [2.24, 2.45) is 10.2 Å². The van der Waals surface area contributed by atoms with Crippen molar-refractivity contribution in [3.8, 4) is 0 Å². The van der Waals surface area contributed by atoms with Gasteiger partial charge in [0.1, 0.15) is 0 Å². The molecule has 0 heterocycles. The van der Waals surface area contributed by atoms with E-state index in [1.54, 1.807) is 0 Å². The molecule has 0 aromatic carbocycles. The summed E-state index contributed by atoms with van der Waals surface area (Å²) < 4.78 is 0. The molecule has 0 N–H and O–H groups in total. The van der Waals surface area contributed by atoms with E-state index < -0.39 is 0 Å². The van der Waals surface area contributed by atoms with E-state index in [9.17, 15) is 0 Å². The standard InChI is InChI=1S/C7H12N2/c1-6(2)5-7(3)9-8-4/h5H,4H2,1-3H3/b9-7-. The summed E-state index contributed by atoms with van der Waals surface area (Å²) in [6.45, 7) is 9.16. The van der Waals surface area contributed by atoms with Crippen LogP contribution in [0, 0.1) is 0 Å². The molecule has 0 bridgehead atoms. The molecule has 0 aromatic heterocycles. The van der Waals surface area contributed by atoms with Crippen molar-refractivity contribution in [1.29, 1.82) is 0 Å². The summed E-state index contributed by atoms with van der Waals surface area (Å²) in [5, 5.41) is 7.10. The zero-order valence-electron chi connectivity index (χ0n) is 6.18. The van der Waals surface area contributed by atoms with Gasteiger partial charge in [-0.3, -0.25) is 0 Å². The average molecular weight is 124 g/mol. The molecule has 0 unspecified atom stereocenters. The minimum absolute atomic E-state index is 0.894. The van der Waals surface area contributed by atoms with Crippen LogP contribution in [0.4, 0.5) is 0 Å². The van der Waals surface area contributed by atoms with Crippen LogP contribution in [-0.4, -0.2) is 12.4 Å². The fourth-order valence-corrected chi connectivity index (χ4v) is 0.558. The van der Waals surface area contributed by atoms with Crippen LogP contribution in [0.5, 0.6) is 0 Å². The summed E-state index contributed by atoms with van der Waals surface area (Å²) in [5.41, 5.74) is 2.12. The summed E-state index contributed by atoms with van der Waals surface area (Å²) >= 11 is 0. The van der Waals surface area contributed by atoms with Crippen LogP contribution in [-0.2, 0) is 0 Å². The van der Waals surface area contributed by atoms with Gasteiger partial charge in [0, 0.05) is 6.72 Å². The van der Waals surface area contributed by atoms with Gasteiger partial charge in [0.05, 0.1) is 5.71 Å². The van der Waals surface area contributed by atoms with E-state index >= 15 is 0 Å². The van der Waals surface area contributed by atoms with Gasteiger partial charge in [-0.2, -0.15) is 10.2 Å². The Kier molecular flexibility index (Phi) is 3.60. The van der Waals surface area contributed by atoms with Gasteiger partial charge in [-0.25, -0.2) is 0 Å². The molecule has 0 aliphatic rings. The molecular formula is C7H12N2. The van der Waals surface area contributed by atoms with E-state index in [4.69, 9.17) is 0 Å². The third-order valence-electron chi connectivity index (χ3n) is 0.726. The first-order valence-corrected chi connectivity index (χ1v) is 2.82. The second-order valence-electron chi connectivity index (χ2n) is 2.10. The fourth-order valence-electron chi connectivity index (χ4n) is 0.558. The Bertz CT molecular complexity index is 150. The lowest BCUT2D eigenvalue weighted by molar-refractivity contribution is 1.25. The molecule has 0 saturated carbocycles. The first-order chi connectivity index (χ1) is 4.16. The van der Waals surface area contributed by atoms with E-state index in [1.165, 1.54) is 5.57 Å². The monoisotopic (exact) mass is 124 g/mol. The average Bonchev–Trinajstić information content (AvgIpc) is 1.63. The maximum atomic E-state index is 3.72. The highest BCUT2D eigenvalue weighted by atomic mass is 15.2. The fraction of sp³-hybridized carbons (Fsp3) is 0.429. The number of hydrogen-bond acceptors (Lipinski definition) is 2. The largest absolute Gasteiger partial charge is 0.167 e. The predicted molar refractivity (Wildman–Crippen MR) is 42.1 cm³/mol. The first kappa shape index (κ1) is 8.08. The van der Waals surface area contributed by atoms with E-state index in [1.807, 2.05) is 26.8 Å². The highest BCUT2D eigenvalue weighted by Crippen LogP contribution is 1.90. The maximum Gasteiger partial charge on any atom is 0.0598 e. The van der Waals surface area contributed by atoms with Gasteiger partial charge in [-0.1, -0.05) is 5.57 Å². The molecule has 0 spiro atoms. The van der Waals surface area contributed by atoms with Crippen LogP contribution < -0.4 is 0 Å². The number of hydrogen-bond donors (Lipinski definition) is 0. The Balaban J connectivity index is 4.05. The Labute approximate surface area is 56.0 Å². The molecule has 0 fully saturated rings. The smallest absolute Gasteiger partial charge is 0.0598 e. The molecule has 0 radical (unpaired) electrons. The van der Waals surface area contributed by atoms with Gasteiger partial charge in [0.15, 0.2) is 0 Å². The molecular weight excluding hydrogens is 112 g/mol. The summed E-state index contributed by atoms with van der Waals surface area (Å²) in [7, 11) is 0. The van der Waals surface area contributed by atoms with Crippen LogP contribution in [0.15, 0.2) is 21.9 Å². The highest BCUT2D eigenvalue weighted by molar-refractivity contribution is 5.93. The van der Waals surface area contributed by atoms with Crippen molar-refractivity contribution in [1.82, 2.24) is 0 Å². The second-order valence-corrected chi connectivity index (χ2v) is 2.10. The van der Waals surface area contributed by atoms with Crippen LogP contribution in [0.1, 0.15) is 20.8 Å². The second kappa shape index (κ2) is 4.01. The SMILES string of the molecule is C=N/N=C(/C)C=C(C)C. The topological polar surface area (TPSA) is 24.7 Å². The van der Waals surface area contributed by atoms with Crippen molar-refractivity contribution < 1.29 is 0 Å². The molecule has 2 heteroatoms. The van der Waals surface area contributed by atoms with Crippen molar-refractivity contribution in [2.75, 3.05) is 0 Å². The van der Waals surface area contributed by atoms with Gasteiger partial charge < -0.3 is 0 Å². The molecule has 0 rings (SSSR count). The van der Waals surface area contributed by atoms with Gasteiger partial charge in [-0.05, 0) is 26.8 Å². The summed E-state index contributed by atoms with van der Waals surface area (Å²) in [6, 6.07) is 0. The van der Waals surface area contributed by atoms with Crippen LogP contribution in [0.2, 0.25) is 0 Å². The first-order valence-electron chi connectivity index (χ1n) is 2.82. The minimum atomic E-state index is 0.894. The summed E-state index contributed by atoms with van der Waals surface area (Å²) in [6.07, 6.45) is 1.95. The lowest BCUT2D eigenvalue weighted by Crippen LogP contribution is -1.82. The Morgan fingerprint density at radius 1 is 1.33 bits per heavy atom. The van der Waals surface area contributed by atoms with Crippen LogP contribution in [0.25, 0.3) is 0 Å². The van der Waals surface area contributed by atoms with Crippen molar-refractivity contribution >= 4 is 12.4 Å². The Morgan fingerprint density at radius 3 is 2.22 bits per heavy atom. The Hall–Kier alpha value is -0.920. The van der Waals surface area contributed by atoms with Crippen molar-refractivity contribution in [2.45, 2.75) is 20.8 Å².